The van der Waals surface area contributed by atoms with Crippen LogP contribution in [0.4, 0.5) is 0 Å². The minimum atomic E-state index is -0.796. The van der Waals surface area contributed by atoms with Crippen LogP contribution in [0.25, 0.3) is 22.0 Å². The van der Waals surface area contributed by atoms with Crippen LogP contribution in [0.15, 0.2) is 72.9 Å². The van der Waals surface area contributed by atoms with Crippen LogP contribution in [-0.4, -0.2) is 22.7 Å². The number of hydrogen-bond acceptors (Lipinski definition) is 2. The van der Waals surface area contributed by atoms with Gasteiger partial charge in [-0.1, -0.05) is 48.9 Å². The molecule has 4 rings (SSSR count). The average Bonchev–Trinajstić information content (AvgIpc) is 3.23. The van der Waals surface area contributed by atoms with E-state index in [0.29, 0.717) is 19.4 Å². The SMILES string of the molecule is CC(Cc1ccc(OCCc2ccccc2Cl)c(-c2ccc3[nH]ccc3c2)c1)C(=O)O. The van der Waals surface area contributed by atoms with E-state index in [2.05, 4.69) is 17.1 Å². The molecule has 158 valence electrons. The maximum atomic E-state index is 11.3. The second kappa shape index (κ2) is 9.27. The number of carbonyl (C=O) groups is 1. The molecule has 3 aromatic carbocycles. The van der Waals surface area contributed by atoms with E-state index in [1.54, 1.807) is 6.92 Å². The van der Waals surface area contributed by atoms with Gasteiger partial charge in [0.25, 0.3) is 0 Å². The van der Waals surface area contributed by atoms with Crippen LogP contribution in [0.5, 0.6) is 5.75 Å². The Hall–Kier alpha value is -3.24. The van der Waals surface area contributed by atoms with Crippen molar-refractivity contribution in [1.82, 2.24) is 4.98 Å². The normalized spacial score (nSPS) is 12.1. The molecule has 0 aliphatic heterocycles. The highest BCUT2D eigenvalue weighted by Crippen LogP contribution is 2.34. The molecule has 1 heterocycles. The summed E-state index contributed by atoms with van der Waals surface area (Å²) in [5.74, 6) is -0.476. The Labute approximate surface area is 186 Å². The second-order valence-corrected chi connectivity index (χ2v) is 8.15. The van der Waals surface area contributed by atoms with E-state index in [1.165, 1.54) is 0 Å². The maximum Gasteiger partial charge on any atom is 0.306 e. The molecule has 0 aliphatic carbocycles. The van der Waals surface area contributed by atoms with Gasteiger partial charge < -0.3 is 14.8 Å². The number of aromatic amines is 1. The lowest BCUT2D eigenvalue weighted by molar-refractivity contribution is -0.141. The molecule has 0 bridgehead atoms. The fourth-order valence-electron chi connectivity index (χ4n) is 3.69. The van der Waals surface area contributed by atoms with Crippen LogP contribution in [0.3, 0.4) is 0 Å². The Morgan fingerprint density at radius 3 is 2.74 bits per heavy atom. The summed E-state index contributed by atoms with van der Waals surface area (Å²) in [6, 6.07) is 21.9. The number of ether oxygens (including phenoxy) is 1. The molecule has 4 aromatic rings. The molecule has 1 unspecified atom stereocenters. The van der Waals surface area contributed by atoms with Gasteiger partial charge in [-0.3, -0.25) is 4.79 Å². The predicted octanol–water partition coefficient (Wildman–Crippen LogP) is 6.37. The minimum Gasteiger partial charge on any atom is -0.493 e. The zero-order chi connectivity index (χ0) is 21.8. The third-order valence-electron chi connectivity index (χ3n) is 5.46. The predicted molar refractivity (Wildman–Crippen MR) is 125 cm³/mol. The number of H-pyrrole nitrogens is 1. The molecule has 0 amide bonds. The first-order valence-electron chi connectivity index (χ1n) is 10.3. The van der Waals surface area contributed by atoms with Gasteiger partial charge in [-0.15, -0.1) is 0 Å². The molecule has 0 aliphatic rings. The molecule has 0 spiro atoms. The summed E-state index contributed by atoms with van der Waals surface area (Å²) in [6.07, 6.45) is 3.09. The van der Waals surface area contributed by atoms with Gasteiger partial charge in [0.2, 0.25) is 0 Å². The summed E-state index contributed by atoms with van der Waals surface area (Å²) in [6.45, 7) is 2.22. The lowest BCUT2D eigenvalue weighted by Crippen LogP contribution is -2.12. The van der Waals surface area contributed by atoms with Gasteiger partial charge in [-0.05, 0) is 64.9 Å². The van der Waals surface area contributed by atoms with Gasteiger partial charge in [0.05, 0.1) is 12.5 Å². The summed E-state index contributed by atoms with van der Waals surface area (Å²) in [7, 11) is 0. The molecule has 0 fully saturated rings. The number of aromatic nitrogens is 1. The molecule has 0 saturated carbocycles. The smallest absolute Gasteiger partial charge is 0.306 e. The Bertz CT molecular complexity index is 1210. The molecule has 2 N–H and O–H groups in total. The maximum absolute atomic E-state index is 11.3. The second-order valence-electron chi connectivity index (χ2n) is 7.74. The molecule has 1 atom stereocenters. The molecular formula is C26H24ClNO3. The highest BCUT2D eigenvalue weighted by atomic mass is 35.5. The van der Waals surface area contributed by atoms with Crippen molar-refractivity contribution < 1.29 is 14.6 Å². The summed E-state index contributed by atoms with van der Waals surface area (Å²) >= 11 is 6.27. The van der Waals surface area contributed by atoms with Crippen molar-refractivity contribution in [3.63, 3.8) is 0 Å². The number of carboxylic acids is 1. The third-order valence-corrected chi connectivity index (χ3v) is 5.83. The lowest BCUT2D eigenvalue weighted by atomic mass is 9.96. The van der Waals surface area contributed by atoms with Crippen LogP contribution in [0, 0.1) is 5.92 Å². The van der Waals surface area contributed by atoms with Crippen LogP contribution >= 0.6 is 11.6 Å². The largest absolute Gasteiger partial charge is 0.493 e. The third kappa shape index (κ3) is 4.92. The topological polar surface area (TPSA) is 62.3 Å². The number of hydrogen-bond donors (Lipinski definition) is 2. The Balaban J connectivity index is 1.62. The highest BCUT2D eigenvalue weighted by molar-refractivity contribution is 6.31. The van der Waals surface area contributed by atoms with Crippen LogP contribution in [-0.2, 0) is 17.6 Å². The minimum absolute atomic E-state index is 0.452. The van der Waals surface area contributed by atoms with Crippen molar-refractivity contribution >= 4 is 28.5 Å². The number of halogens is 1. The molecule has 0 radical (unpaired) electrons. The number of rotatable bonds is 8. The quantitative estimate of drug-likeness (QED) is 0.339. The van der Waals surface area contributed by atoms with Gasteiger partial charge in [-0.25, -0.2) is 0 Å². The summed E-state index contributed by atoms with van der Waals surface area (Å²) < 4.78 is 6.17. The zero-order valence-corrected chi connectivity index (χ0v) is 18.0. The van der Waals surface area contributed by atoms with Gasteiger partial charge in [0.1, 0.15) is 5.75 Å². The summed E-state index contributed by atoms with van der Waals surface area (Å²) in [4.78, 5) is 14.5. The number of benzene rings is 3. The number of fused-ring (bicyclic) bond motifs is 1. The van der Waals surface area contributed by atoms with Crippen LogP contribution in [0.1, 0.15) is 18.1 Å². The zero-order valence-electron chi connectivity index (χ0n) is 17.3. The Morgan fingerprint density at radius 1 is 1.10 bits per heavy atom. The van der Waals surface area contributed by atoms with Gasteiger partial charge in [0.15, 0.2) is 0 Å². The van der Waals surface area contributed by atoms with Gasteiger partial charge >= 0.3 is 5.97 Å². The molecule has 31 heavy (non-hydrogen) atoms. The number of aliphatic carboxylic acids is 1. The first kappa shape index (κ1) is 21.0. The molecule has 5 heteroatoms. The van der Waals surface area contributed by atoms with E-state index in [0.717, 1.165) is 43.9 Å². The first-order valence-corrected chi connectivity index (χ1v) is 10.7. The molecule has 1 aromatic heterocycles. The molecule has 4 nitrogen and oxygen atoms in total. The Morgan fingerprint density at radius 2 is 1.94 bits per heavy atom. The summed E-state index contributed by atoms with van der Waals surface area (Å²) in [5.41, 5.74) is 5.08. The van der Waals surface area contributed by atoms with E-state index in [-0.39, 0.29) is 0 Å². The molecule has 0 saturated heterocycles. The summed E-state index contributed by atoms with van der Waals surface area (Å²) in [5, 5.41) is 11.1. The van der Waals surface area contributed by atoms with E-state index in [9.17, 15) is 9.90 Å². The lowest BCUT2D eigenvalue weighted by Gasteiger charge is -2.15. The van der Waals surface area contributed by atoms with Gasteiger partial charge in [-0.2, -0.15) is 0 Å². The van der Waals surface area contributed by atoms with Crippen molar-refractivity contribution in [2.45, 2.75) is 19.8 Å². The van der Waals surface area contributed by atoms with Crippen molar-refractivity contribution in [2.75, 3.05) is 6.61 Å². The van der Waals surface area contributed by atoms with E-state index in [1.807, 2.05) is 60.8 Å². The van der Waals surface area contributed by atoms with Crippen LogP contribution < -0.4 is 4.74 Å². The van der Waals surface area contributed by atoms with Crippen molar-refractivity contribution in [2.24, 2.45) is 5.92 Å². The monoisotopic (exact) mass is 433 g/mol. The van der Waals surface area contributed by atoms with E-state index in [4.69, 9.17) is 16.3 Å². The number of nitrogens with one attached hydrogen (secondary N) is 1. The van der Waals surface area contributed by atoms with Crippen molar-refractivity contribution in [3.05, 3.63) is 89.1 Å². The molecular weight excluding hydrogens is 410 g/mol. The van der Waals surface area contributed by atoms with Crippen LogP contribution in [0.2, 0.25) is 5.02 Å². The van der Waals surface area contributed by atoms with E-state index < -0.39 is 11.9 Å². The first-order chi connectivity index (χ1) is 15.0. The standard InChI is InChI=1S/C26H24ClNO3/c1-17(26(29)30)14-18-6-9-25(31-13-11-19-4-2-3-5-23(19)27)22(15-18)20-7-8-24-21(16-20)10-12-28-24/h2-10,12,15-17,28H,11,13-14H2,1H3,(H,29,30). The highest BCUT2D eigenvalue weighted by Gasteiger charge is 2.15. The fraction of sp³-hybridized carbons (Fsp3) is 0.192. The number of carboxylic acid groups (broad SMARTS) is 1. The van der Waals surface area contributed by atoms with Crippen molar-refractivity contribution in [1.29, 1.82) is 0 Å². The van der Waals surface area contributed by atoms with Crippen molar-refractivity contribution in [3.8, 4) is 16.9 Å². The van der Waals surface area contributed by atoms with E-state index >= 15 is 0 Å². The Kier molecular flexibility index (Phi) is 6.28. The van der Waals surface area contributed by atoms with Gasteiger partial charge in [0, 0.05) is 28.7 Å². The average molecular weight is 434 g/mol. The fourth-order valence-corrected chi connectivity index (χ4v) is 3.92.